The molecular weight excluding hydrogens is 256 g/mol. The summed E-state index contributed by atoms with van der Waals surface area (Å²) in [4.78, 5) is 5.92. The van der Waals surface area contributed by atoms with E-state index in [4.69, 9.17) is 4.74 Å². The van der Waals surface area contributed by atoms with Gasteiger partial charge in [-0.05, 0) is 18.9 Å². The predicted octanol–water partition coefficient (Wildman–Crippen LogP) is 2.92. The monoisotopic (exact) mass is 272 g/mol. The maximum atomic E-state index is 5.73. The number of hydrogen-bond donors (Lipinski definition) is 1. The first-order valence-corrected chi connectivity index (χ1v) is 7.61. The molecule has 1 unspecified atom stereocenters. The molecule has 2 aliphatic rings. The van der Waals surface area contributed by atoms with Crippen molar-refractivity contribution in [3.05, 3.63) is 45.9 Å². The van der Waals surface area contributed by atoms with Crippen molar-refractivity contribution in [2.75, 3.05) is 6.61 Å². The summed E-state index contributed by atoms with van der Waals surface area (Å²) in [6.45, 7) is 1.68. The fraction of sp³-hybridized carbons (Fsp3) is 0.400. The van der Waals surface area contributed by atoms with E-state index >= 15 is 0 Å². The van der Waals surface area contributed by atoms with E-state index in [0.29, 0.717) is 5.92 Å². The number of nitrogens with zero attached hydrogens (tertiary/aromatic N) is 1. The summed E-state index contributed by atoms with van der Waals surface area (Å²) in [5.74, 6) is 1.33. The maximum absolute atomic E-state index is 5.73. The Hall–Kier alpha value is -1.39. The first kappa shape index (κ1) is 11.4. The number of nitrogens with one attached hydrogen (secondary N) is 1. The van der Waals surface area contributed by atoms with Gasteiger partial charge in [-0.15, -0.1) is 11.3 Å². The Morgan fingerprint density at radius 2 is 2.21 bits per heavy atom. The molecule has 0 saturated heterocycles. The van der Waals surface area contributed by atoms with Crippen molar-refractivity contribution < 1.29 is 4.74 Å². The van der Waals surface area contributed by atoms with Gasteiger partial charge in [0.1, 0.15) is 17.4 Å². The normalized spacial score (nSPS) is 21.2. The van der Waals surface area contributed by atoms with Crippen LogP contribution in [0.2, 0.25) is 0 Å². The van der Waals surface area contributed by atoms with Gasteiger partial charge in [0.2, 0.25) is 0 Å². The molecule has 0 amide bonds. The molecule has 3 nitrogen and oxygen atoms in total. The highest BCUT2D eigenvalue weighted by Crippen LogP contribution is 2.39. The zero-order valence-electron chi connectivity index (χ0n) is 10.6. The fourth-order valence-electron chi connectivity index (χ4n) is 2.46. The molecule has 1 fully saturated rings. The smallest absolute Gasteiger partial charge is 0.123 e. The molecule has 4 heteroatoms. The van der Waals surface area contributed by atoms with E-state index in [-0.39, 0.29) is 0 Å². The number of ether oxygens (including phenoxy) is 1. The molecule has 0 bridgehead atoms. The van der Waals surface area contributed by atoms with E-state index in [9.17, 15) is 0 Å². The van der Waals surface area contributed by atoms with Gasteiger partial charge in [0.05, 0.1) is 5.92 Å². The first-order chi connectivity index (χ1) is 9.40. The van der Waals surface area contributed by atoms with Gasteiger partial charge < -0.3 is 10.1 Å². The van der Waals surface area contributed by atoms with Crippen molar-refractivity contribution in [1.82, 2.24) is 10.3 Å². The van der Waals surface area contributed by atoms with Crippen molar-refractivity contribution in [2.24, 2.45) is 0 Å². The molecular formula is C15H16N2OS. The minimum absolute atomic E-state index is 0.316. The van der Waals surface area contributed by atoms with Crippen molar-refractivity contribution in [2.45, 2.75) is 31.3 Å². The van der Waals surface area contributed by atoms with Gasteiger partial charge in [-0.1, -0.05) is 18.2 Å². The third-order valence-electron chi connectivity index (χ3n) is 3.71. The Bertz CT molecular complexity index is 591. The lowest BCUT2D eigenvalue weighted by atomic mass is 10.0. The molecule has 1 saturated carbocycles. The highest BCUT2D eigenvalue weighted by atomic mass is 32.1. The first-order valence-electron chi connectivity index (χ1n) is 6.80. The van der Waals surface area contributed by atoms with E-state index in [1.54, 1.807) is 0 Å². The lowest BCUT2D eigenvalue weighted by Gasteiger charge is -2.03. The average molecular weight is 272 g/mol. The molecule has 2 aromatic rings. The van der Waals surface area contributed by atoms with E-state index in [1.165, 1.54) is 28.3 Å². The molecule has 1 atom stereocenters. The average Bonchev–Trinajstić information content (AvgIpc) is 3.00. The lowest BCUT2D eigenvalue weighted by Crippen LogP contribution is -2.14. The molecule has 0 spiro atoms. The Morgan fingerprint density at radius 1 is 1.32 bits per heavy atom. The molecule has 1 aliphatic heterocycles. The largest absolute Gasteiger partial charge is 0.492 e. The van der Waals surface area contributed by atoms with Crippen LogP contribution in [0, 0.1) is 0 Å². The summed E-state index contributed by atoms with van der Waals surface area (Å²) < 4.78 is 5.73. The van der Waals surface area contributed by atoms with Crippen molar-refractivity contribution >= 4 is 11.3 Å². The lowest BCUT2D eigenvalue weighted by molar-refractivity contribution is 0.343. The zero-order valence-corrected chi connectivity index (χ0v) is 11.5. The summed E-state index contributed by atoms with van der Waals surface area (Å²) >= 11 is 1.81. The third kappa shape index (κ3) is 2.26. The molecule has 1 aromatic carbocycles. The van der Waals surface area contributed by atoms with Gasteiger partial charge >= 0.3 is 0 Å². The number of rotatable bonds is 4. The summed E-state index contributed by atoms with van der Waals surface area (Å²) in [5.41, 5.74) is 1.28. The molecule has 1 N–H and O–H groups in total. The Kier molecular flexibility index (Phi) is 2.78. The van der Waals surface area contributed by atoms with Gasteiger partial charge in [-0.3, -0.25) is 0 Å². The van der Waals surface area contributed by atoms with Crippen molar-refractivity contribution in [3.8, 4) is 5.75 Å². The SMILES string of the molecule is c1ccc2c(c1)OCC2c1ncc(CNC2CC2)s1. The maximum Gasteiger partial charge on any atom is 0.123 e. The van der Waals surface area contributed by atoms with Gasteiger partial charge in [0.15, 0.2) is 0 Å². The summed E-state index contributed by atoms with van der Waals surface area (Å²) in [6.07, 6.45) is 4.67. The Balaban J connectivity index is 1.53. The second-order valence-electron chi connectivity index (χ2n) is 5.22. The van der Waals surface area contributed by atoms with Crippen molar-refractivity contribution in [1.29, 1.82) is 0 Å². The molecule has 4 rings (SSSR count). The number of fused-ring (bicyclic) bond motifs is 1. The number of aromatic nitrogens is 1. The summed E-state index contributed by atoms with van der Waals surface area (Å²) in [5, 5.41) is 4.71. The topological polar surface area (TPSA) is 34.1 Å². The minimum Gasteiger partial charge on any atom is -0.492 e. The molecule has 1 aliphatic carbocycles. The van der Waals surface area contributed by atoms with Crippen LogP contribution in [0.3, 0.4) is 0 Å². The summed E-state index contributed by atoms with van der Waals surface area (Å²) in [7, 11) is 0. The highest BCUT2D eigenvalue weighted by molar-refractivity contribution is 7.11. The van der Waals surface area contributed by atoms with Crippen molar-refractivity contribution in [3.63, 3.8) is 0 Å². The third-order valence-corrected chi connectivity index (χ3v) is 4.82. The van der Waals surface area contributed by atoms with Crippen LogP contribution in [0.25, 0.3) is 0 Å². The predicted molar refractivity (Wildman–Crippen MR) is 75.8 cm³/mol. The number of thiazole rings is 1. The van der Waals surface area contributed by atoms with E-state index in [2.05, 4.69) is 22.4 Å². The number of benzene rings is 1. The quantitative estimate of drug-likeness (QED) is 0.929. The number of hydrogen-bond acceptors (Lipinski definition) is 4. The van der Waals surface area contributed by atoms with Crippen LogP contribution in [0.4, 0.5) is 0 Å². The van der Waals surface area contributed by atoms with Gasteiger partial charge in [-0.2, -0.15) is 0 Å². The Morgan fingerprint density at radius 3 is 3.11 bits per heavy atom. The Labute approximate surface area is 116 Å². The van der Waals surface area contributed by atoms with E-state index in [1.807, 2.05) is 29.7 Å². The van der Waals surface area contributed by atoms with E-state index < -0.39 is 0 Å². The van der Waals surface area contributed by atoms with Crippen LogP contribution in [-0.4, -0.2) is 17.6 Å². The van der Waals surface area contributed by atoms with Gasteiger partial charge in [-0.25, -0.2) is 4.98 Å². The molecule has 2 heterocycles. The standard InChI is InChI=1S/C15H16N2OS/c1-2-4-14-12(3-1)13(9-18-14)15-17-8-11(19-15)7-16-10-5-6-10/h1-4,8,10,13,16H,5-7,9H2. The molecule has 1 aromatic heterocycles. The molecule has 0 radical (unpaired) electrons. The van der Waals surface area contributed by atoms with Crippen LogP contribution in [0.1, 0.15) is 34.2 Å². The zero-order chi connectivity index (χ0) is 12.7. The van der Waals surface area contributed by atoms with Gasteiger partial charge in [0.25, 0.3) is 0 Å². The second-order valence-corrected chi connectivity index (χ2v) is 6.37. The summed E-state index contributed by atoms with van der Waals surface area (Å²) in [6, 6.07) is 9.04. The molecule has 19 heavy (non-hydrogen) atoms. The highest BCUT2D eigenvalue weighted by Gasteiger charge is 2.28. The van der Waals surface area contributed by atoms with Crippen LogP contribution in [0.15, 0.2) is 30.5 Å². The number of para-hydroxylation sites is 1. The molecule has 98 valence electrons. The van der Waals surface area contributed by atoms with Crippen LogP contribution in [0.5, 0.6) is 5.75 Å². The second kappa shape index (κ2) is 4.62. The van der Waals surface area contributed by atoms with Crippen LogP contribution >= 0.6 is 11.3 Å². The minimum atomic E-state index is 0.316. The van der Waals surface area contributed by atoms with Gasteiger partial charge in [0, 0.05) is 29.2 Å². The fourth-order valence-corrected chi connectivity index (χ4v) is 3.44. The van der Waals surface area contributed by atoms with Crippen LogP contribution < -0.4 is 10.1 Å². The van der Waals surface area contributed by atoms with E-state index in [0.717, 1.165) is 24.9 Å². The van der Waals surface area contributed by atoms with Crippen LogP contribution in [-0.2, 0) is 6.54 Å².